The number of rotatable bonds is 4. The van der Waals surface area contributed by atoms with Gasteiger partial charge in [-0.05, 0) is 66.6 Å². The first-order valence-electron chi connectivity index (χ1n) is 11.5. The third-order valence-electron chi connectivity index (χ3n) is 6.94. The molecule has 0 radical (unpaired) electrons. The highest BCUT2D eigenvalue weighted by Gasteiger charge is 2.28. The molecule has 160 valence electrons. The average Bonchev–Trinajstić information content (AvgIpc) is 3.40. The second-order valence-corrected chi connectivity index (χ2v) is 8.95. The van der Waals surface area contributed by atoms with Crippen LogP contribution in [-0.2, 0) is 13.0 Å². The molecule has 1 amide bonds. The number of benzene rings is 3. The Bertz CT molecular complexity index is 1320. The average molecular weight is 423 g/mol. The Hall–Kier alpha value is -3.37. The first kappa shape index (κ1) is 19.3. The van der Waals surface area contributed by atoms with E-state index in [0.717, 1.165) is 52.9 Å². The zero-order chi connectivity index (χ0) is 21.7. The molecular formula is C28H26N2O2. The van der Waals surface area contributed by atoms with E-state index in [0.29, 0.717) is 6.54 Å². The van der Waals surface area contributed by atoms with Gasteiger partial charge in [-0.3, -0.25) is 4.79 Å². The van der Waals surface area contributed by atoms with Crippen LogP contribution in [0.3, 0.4) is 0 Å². The van der Waals surface area contributed by atoms with Crippen LogP contribution < -0.4 is 10.6 Å². The third kappa shape index (κ3) is 3.23. The summed E-state index contributed by atoms with van der Waals surface area (Å²) < 4.78 is 6.40. The minimum absolute atomic E-state index is 0.0186. The summed E-state index contributed by atoms with van der Waals surface area (Å²) in [6.07, 6.45) is 3.26. The fourth-order valence-electron chi connectivity index (χ4n) is 5.19. The highest BCUT2D eigenvalue weighted by molar-refractivity contribution is 5.99. The summed E-state index contributed by atoms with van der Waals surface area (Å²) in [7, 11) is 0. The molecule has 0 bridgehead atoms. The molecule has 0 spiro atoms. The molecule has 4 aromatic rings. The number of furan rings is 1. The van der Waals surface area contributed by atoms with E-state index in [4.69, 9.17) is 4.42 Å². The number of hydrogen-bond acceptors (Lipinski definition) is 3. The first-order chi connectivity index (χ1) is 15.7. The van der Waals surface area contributed by atoms with Crippen LogP contribution in [0.5, 0.6) is 0 Å². The Labute approximate surface area is 187 Å². The molecule has 4 nitrogen and oxygen atoms in total. The van der Waals surface area contributed by atoms with Crippen LogP contribution in [0, 0.1) is 0 Å². The summed E-state index contributed by atoms with van der Waals surface area (Å²) in [5.74, 6) is 1.10. The zero-order valence-electron chi connectivity index (χ0n) is 18.2. The Morgan fingerprint density at radius 1 is 1.03 bits per heavy atom. The molecule has 0 fully saturated rings. The summed E-state index contributed by atoms with van der Waals surface area (Å²) in [5.41, 5.74) is 7.61. The summed E-state index contributed by atoms with van der Waals surface area (Å²) in [6.45, 7) is 2.84. The maximum atomic E-state index is 12.1. The Balaban J connectivity index is 1.35. The highest BCUT2D eigenvalue weighted by Crippen LogP contribution is 2.40. The van der Waals surface area contributed by atoms with Crippen LogP contribution in [0.15, 0.2) is 71.1 Å². The highest BCUT2D eigenvalue weighted by atomic mass is 16.3. The fraction of sp³-hybridized carbons (Fsp3) is 0.250. The van der Waals surface area contributed by atoms with Crippen LogP contribution in [0.1, 0.15) is 64.7 Å². The van der Waals surface area contributed by atoms with Gasteiger partial charge in [-0.2, -0.15) is 0 Å². The van der Waals surface area contributed by atoms with Gasteiger partial charge in [0.15, 0.2) is 0 Å². The molecule has 2 aliphatic rings. The summed E-state index contributed by atoms with van der Waals surface area (Å²) >= 11 is 0. The van der Waals surface area contributed by atoms with Gasteiger partial charge in [0.05, 0.1) is 6.04 Å². The molecule has 2 heterocycles. The van der Waals surface area contributed by atoms with Gasteiger partial charge < -0.3 is 15.1 Å². The smallest absolute Gasteiger partial charge is 0.251 e. The molecule has 0 saturated heterocycles. The van der Waals surface area contributed by atoms with Crippen molar-refractivity contribution in [2.75, 3.05) is 0 Å². The number of nitrogens with one attached hydrogen (secondary N) is 2. The van der Waals surface area contributed by atoms with Crippen molar-refractivity contribution in [3.63, 3.8) is 0 Å². The number of hydrogen-bond donors (Lipinski definition) is 2. The maximum Gasteiger partial charge on any atom is 0.251 e. The maximum absolute atomic E-state index is 12.1. The summed E-state index contributed by atoms with van der Waals surface area (Å²) in [4.78, 5) is 12.1. The van der Waals surface area contributed by atoms with Gasteiger partial charge in [0, 0.05) is 29.1 Å². The predicted octanol–water partition coefficient (Wildman–Crippen LogP) is 6.07. The molecular weight excluding hydrogens is 396 g/mol. The van der Waals surface area contributed by atoms with Gasteiger partial charge in [-0.15, -0.1) is 0 Å². The number of fused-ring (bicyclic) bond motifs is 4. The molecule has 1 aliphatic carbocycles. The topological polar surface area (TPSA) is 54.3 Å². The largest absolute Gasteiger partial charge is 0.459 e. The van der Waals surface area contributed by atoms with Crippen LogP contribution in [0.25, 0.3) is 22.1 Å². The van der Waals surface area contributed by atoms with Crippen molar-refractivity contribution in [2.45, 2.75) is 44.8 Å². The number of carbonyl (C=O) groups excluding carboxylic acids is 1. The summed E-state index contributed by atoms with van der Waals surface area (Å²) in [6, 6.07) is 23.6. The van der Waals surface area contributed by atoms with E-state index < -0.39 is 0 Å². The molecule has 1 aliphatic heterocycles. The molecule has 0 saturated carbocycles. The lowest BCUT2D eigenvalue weighted by molar-refractivity contribution is 0.0966. The van der Waals surface area contributed by atoms with Crippen molar-refractivity contribution in [1.29, 1.82) is 0 Å². The van der Waals surface area contributed by atoms with E-state index in [1.165, 1.54) is 16.5 Å². The summed E-state index contributed by atoms with van der Waals surface area (Å²) in [5, 5.41) is 7.89. The van der Waals surface area contributed by atoms with E-state index in [1.807, 2.05) is 6.07 Å². The van der Waals surface area contributed by atoms with Crippen molar-refractivity contribution in [3.05, 3.63) is 94.7 Å². The molecule has 1 unspecified atom stereocenters. The Kier molecular flexibility index (Phi) is 4.62. The van der Waals surface area contributed by atoms with Crippen molar-refractivity contribution < 1.29 is 9.21 Å². The second-order valence-electron chi connectivity index (χ2n) is 8.95. The van der Waals surface area contributed by atoms with Crippen molar-refractivity contribution in [1.82, 2.24) is 10.6 Å². The molecule has 2 N–H and O–H groups in total. The van der Waals surface area contributed by atoms with E-state index in [2.05, 4.69) is 78.2 Å². The first-order valence-corrected chi connectivity index (χ1v) is 11.5. The lowest BCUT2D eigenvalue weighted by Gasteiger charge is -2.26. The monoisotopic (exact) mass is 422 g/mol. The van der Waals surface area contributed by atoms with Gasteiger partial charge in [-0.1, -0.05) is 48.5 Å². The third-order valence-corrected chi connectivity index (χ3v) is 6.94. The van der Waals surface area contributed by atoms with E-state index in [9.17, 15) is 4.79 Å². The van der Waals surface area contributed by atoms with E-state index in [1.54, 1.807) is 0 Å². The molecule has 2 atom stereocenters. The Morgan fingerprint density at radius 2 is 1.84 bits per heavy atom. The molecule has 6 rings (SSSR count). The number of aryl methyl sites for hydroxylation is 1. The van der Waals surface area contributed by atoms with Gasteiger partial charge in [0.1, 0.15) is 11.3 Å². The van der Waals surface area contributed by atoms with Crippen LogP contribution in [0.2, 0.25) is 0 Å². The zero-order valence-corrected chi connectivity index (χ0v) is 18.2. The fourth-order valence-corrected chi connectivity index (χ4v) is 5.19. The SMILES string of the molecule is C[C@@H](NC1CCCc2c1oc1ccc(-c3ccc4c(c3)C(=O)NC4)cc21)c1ccccc1. The van der Waals surface area contributed by atoms with E-state index in [-0.39, 0.29) is 18.0 Å². The van der Waals surface area contributed by atoms with Crippen molar-refractivity contribution >= 4 is 16.9 Å². The lowest BCUT2D eigenvalue weighted by Crippen LogP contribution is -2.27. The van der Waals surface area contributed by atoms with Crippen LogP contribution in [0.4, 0.5) is 0 Å². The van der Waals surface area contributed by atoms with Crippen LogP contribution in [-0.4, -0.2) is 5.91 Å². The second kappa shape index (κ2) is 7.64. The standard InChI is InChI=1S/C28H26N2O2/c1-17(18-6-3-2-4-7-18)30-25-9-5-8-22-24-15-20(12-13-26(24)32-27(22)25)19-10-11-21-16-29-28(31)23(21)14-19/h2-4,6-7,10-15,17,25,30H,5,8-9,16H2,1H3,(H,29,31)/t17-,25?/m1/s1. The molecule has 1 aromatic heterocycles. The van der Waals surface area contributed by atoms with Crippen molar-refractivity contribution in [3.8, 4) is 11.1 Å². The van der Waals surface area contributed by atoms with Gasteiger partial charge >= 0.3 is 0 Å². The molecule has 4 heteroatoms. The predicted molar refractivity (Wildman–Crippen MR) is 126 cm³/mol. The quantitative estimate of drug-likeness (QED) is 0.420. The van der Waals surface area contributed by atoms with Gasteiger partial charge in [0.25, 0.3) is 5.91 Å². The number of carbonyl (C=O) groups is 1. The van der Waals surface area contributed by atoms with Gasteiger partial charge in [-0.25, -0.2) is 0 Å². The minimum Gasteiger partial charge on any atom is -0.459 e. The minimum atomic E-state index is 0.0186. The van der Waals surface area contributed by atoms with Crippen molar-refractivity contribution in [2.24, 2.45) is 0 Å². The van der Waals surface area contributed by atoms with Crippen LogP contribution >= 0.6 is 0 Å². The molecule has 32 heavy (non-hydrogen) atoms. The van der Waals surface area contributed by atoms with Gasteiger partial charge in [0.2, 0.25) is 0 Å². The van der Waals surface area contributed by atoms with E-state index >= 15 is 0 Å². The molecule has 3 aromatic carbocycles. The Morgan fingerprint density at radius 3 is 2.72 bits per heavy atom. The lowest BCUT2D eigenvalue weighted by atomic mass is 9.90. The number of amides is 1. The normalized spacial score (nSPS) is 18.3.